The van der Waals surface area contributed by atoms with E-state index in [2.05, 4.69) is 11.4 Å². The van der Waals surface area contributed by atoms with Crippen molar-refractivity contribution in [2.24, 2.45) is 0 Å². The third-order valence-corrected chi connectivity index (χ3v) is 1.04. The maximum absolute atomic E-state index is 10.5. The first-order chi connectivity index (χ1) is 5.79. The van der Waals surface area contributed by atoms with E-state index in [1.165, 1.54) is 6.92 Å². The average Bonchev–Trinajstić information content (AvgIpc) is 2.08. The summed E-state index contributed by atoms with van der Waals surface area (Å²) in [6.45, 7) is 5.48. The van der Waals surface area contributed by atoms with Crippen molar-refractivity contribution in [1.82, 2.24) is 0 Å². The van der Waals surface area contributed by atoms with Crippen LogP contribution in [0.25, 0.3) is 0 Å². The molecule has 0 aliphatic heterocycles. The number of hydrogen-bond acceptors (Lipinski definition) is 1. The third-order valence-electron chi connectivity index (χ3n) is 1.04. The second-order valence-electron chi connectivity index (χ2n) is 1.97. The molecule has 0 unspecified atom stereocenters. The standard InChI is InChI=1S/C8H8NO.C2H6.K/c1-7(10)9-8-5-3-2-4-6-8;1-2;/h3-6H,1H3,(H,9,10);1-2H3;/q-1;;+1. The molecule has 3 heteroatoms. The second-order valence-corrected chi connectivity index (χ2v) is 1.97. The minimum Gasteiger partial charge on any atom is -0.349 e. The fourth-order valence-electron chi connectivity index (χ4n) is 0.673. The van der Waals surface area contributed by atoms with Gasteiger partial charge in [-0.3, -0.25) is 4.79 Å². The van der Waals surface area contributed by atoms with E-state index in [1.54, 1.807) is 24.3 Å². The van der Waals surface area contributed by atoms with Crippen molar-refractivity contribution in [3.63, 3.8) is 0 Å². The van der Waals surface area contributed by atoms with E-state index in [0.717, 1.165) is 5.69 Å². The van der Waals surface area contributed by atoms with Crippen molar-refractivity contribution in [3.05, 3.63) is 30.3 Å². The van der Waals surface area contributed by atoms with Crippen LogP contribution in [-0.2, 0) is 4.79 Å². The minimum atomic E-state index is -0.0498. The van der Waals surface area contributed by atoms with Crippen molar-refractivity contribution in [2.45, 2.75) is 20.8 Å². The largest absolute Gasteiger partial charge is 1.00 e. The summed E-state index contributed by atoms with van der Waals surface area (Å²) in [4.78, 5) is 10.5. The van der Waals surface area contributed by atoms with Gasteiger partial charge in [-0.05, 0) is 0 Å². The van der Waals surface area contributed by atoms with E-state index < -0.39 is 0 Å². The topological polar surface area (TPSA) is 29.1 Å². The number of rotatable bonds is 1. The molecule has 1 aromatic rings. The molecule has 1 rings (SSSR count). The summed E-state index contributed by atoms with van der Waals surface area (Å²) in [5, 5.41) is 2.65. The van der Waals surface area contributed by atoms with Gasteiger partial charge >= 0.3 is 51.4 Å². The van der Waals surface area contributed by atoms with Crippen LogP contribution in [-0.4, -0.2) is 5.91 Å². The molecule has 0 radical (unpaired) electrons. The van der Waals surface area contributed by atoms with Gasteiger partial charge in [0.05, 0.1) is 0 Å². The van der Waals surface area contributed by atoms with E-state index in [9.17, 15) is 4.79 Å². The van der Waals surface area contributed by atoms with Crippen molar-refractivity contribution in [1.29, 1.82) is 0 Å². The van der Waals surface area contributed by atoms with Gasteiger partial charge < -0.3 is 5.32 Å². The molecule has 13 heavy (non-hydrogen) atoms. The van der Waals surface area contributed by atoms with Crippen molar-refractivity contribution < 1.29 is 56.2 Å². The molecule has 1 aromatic carbocycles. The zero-order chi connectivity index (χ0) is 9.40. The fourth-order valence-corrected chi connectivity index (χ4v) is 0.673. The predicted molar refractivity (Wildman–Crippen MR) is 50.9 cm³/mol. The van der Waals surface area contributed by atoms with E-state index in [1.807, 2.05) is 13.8 Å². The normalized spacial score (nSPS) is 7.31. The SMILES string of the molecule is CC.CC(=O)Nc1cc[c-]cc1.[K+]. The fraction of sp³-hybridized carbons (Fsp3) is 0.300. The maximum Gasteiger partial charge on any atom is 1.00 e. The summed E-state index contributed by atoms with van der Waals surface area (Å²) >= 11 is 0. The van der Waals surface area contributed by atoms with Crippen LogP contribution < -0.4 is 56.7 Å². The Labute approximate surface area is 123 Å². The van der Waals surface area contributed by atoms with Crippen molar-refractivity contribution >= 4 is 11.6 Å². The molecule has 0 aromatic heterocycles. The second kappa shape index (κ2) is 10.4. The van der Waals surface area contributed by atoms with Gasteiger partial charge in [0.1, 0.15) is 0 Å². The van der Waals surface area contributed by atoms with Crippen LogP contribution in [0.3, 0.4) is 0 Å². The predicted octanol–water partition coefficient (Wildman–Crippen LogP) is -0.525. The van der Waals surface area contributed by atoms with E-state index in [0.29, 0.717) is 0 Å². The Hall–Kier alpha value is 0.326. The molecule has 0 aliphatic rings. The van der Waals surface area contributed by atoms with Gasteiger partial charge in [0.15, 0.2) is 0 Å². The number of benzene rings is 1. The Morgan fingerprint density at radius 3 is 2.15 bits per heavy atom. The Bertz CT molecular complexity index is 224. The molecule has 0 atom stereocenters. The Morgan fingerprint density at radius 1 is 1.31 bits per heavy atom. The van der Waals surface area contributed by atoms with Crippen LogP contribution in [0.2, 0.25) is 0 Å². The molecule has 66 valence electrons. The van der Waals surface area contributed by atoms with Gasteiger partial charge in [-0.2, -0.15) is 18.2 Å². The monoisotopic (exact) mass is 203 g/mol. The van der Waals surface area contributed by atoms with E-state index >= 15 is 0 Å². The summed E-state index contributed by atoms with van der Waals surface area (Å²) in [6, 6.07) is 9.95. The molecule has 1 N–H and O–H groups in total. The van der Waals surface area contributed by atoms with Crippen LogP contribution in [0.15, 0.2) is 24.3 Å². The summed E-state index contributed by atoms with van der Waals surface area (Å²) < 4.78 is 0. The summed E-state index contributed by atoms with van der Waals surface area (Å²) in [7, 11) is 0. The Balaban J connectivity index is 0. The first-order valence-corrected chi connectivity index (χ1v) is 4.03. The van der Waals surface area contributed by atoms with Gasteiger partial charge in [0, 0.05) is 6.92 Å². The van der Waals surface area contributed by atoms with Crippen molar-refractivity contribution in [3.8, 4) is 0 Å². The number of hydrogen-bond donors (Lipinski definition) is 1. The number of anilines is 1. The summed E-state index contributed by atoms with van der Waals surface area (Å²) in [5.41, 5.74) is 0.811. The maximum atomic E-state index is 10.5. The minimum absolute atomic E-state index is 0. The van der Waals surface area contributed by atoms with Crippen LogP contribution in [0.4, 0.5) is 5.69 Å². The molecule has 0 saturated heterocycles. The number of amides is 1. The first-order valence-electron chi connectivity index (χ1n) is 4.03. The first kappa shape index (κ1) is 15.8. The van der Waals surface area contributed by atoms with Gasteiger partial charge in [-0.1, -0.05) is 19.5 Å². The molecule has 1 amide bonds. The number of carbonyl (C=O) groups excluding carboxylic acids is 1. The van der Waals surface area contributed by atoms with Gasteiger partial charge in [0.25, 0.3) is 0 Å². The quantitative estimate of drug-likeness (QED) is 0.483. The van der Waals surface area contributed by atoms with Gasteiger partial charge in [-0.15, -0.1) is 12.1 Å². The van der Waals surface area contributed by atoms with E-state index in [-0.39, 0.29) is 57.3 Å². The van der Waals surface area contributed by atoms with Gasteiger partial charge in [-0.25, -0.2) is 0 Å². The number of nitrogens with one attached hydrogen (secondary N) is 1. The Kier molecular flexibility index (Phi) is 12.6. The molecule has 2 nitrogen and oxygen atoms in total. The zero-order valence-electron chi connectivity index (χ0n) is 8.72. The smallest absolute Gasteiger partial charge is 0.349 e. The van der Waals surface area contributed by atoms with Crippen LogP contribution in [0, 0.1) is 6.07 Å². The molecular weight excluding hydrogens is 189 g/mol. The average molecular weight is 203 g/mol. The van der Waals surface area contributed by atoms with E-state index in [4.69, 9.17) is 0 Å². The van der Waals surface area contributed by atoms with Crippen LogP contribution >= 0.6 is 0 Å². The zero-order valence-corrected chi connectivity index (χ0v) is 11.8. The molecule has 0 saturated carbocycles. The molecule has 0 bridgehead atoms. The van der Waals surface area contributed by atoms with Crippen LogP contribution in [0.1, 0.15) is 20.8 Å². The third kappa shape index (κ3) is 8.65. The number of carbonyl (C=O) groups is 1. The molecule has 0 fully saturated rings. The molecule has 0 spiro atoms. The molecule has 0 heterocycles. The van der Waals surface area contributed by atoms with Crippen molar-refractivity contribution in [2.75, 3.05) is 5.32 Å². The summed E-state index contributed by atoms with van der Waals surface area (Å²) in [5.74, 6) is -0.0498. The summed E-state index contributed by atoms with van der Waals surface area (Å²) in [6.07, 6.45) is 0. The van der Waals surface area contributed by atoms with Crippen LogP contribution in [0.5, 0.6) is 0 Å². The van der Waals surface area contributed by atoms with Gasteiger partial charge in [0.2, 0.25) is 5.91 Å². The molecule has 0 aliphatic carbocycles. The Morgan fingerprint density at radius 2 is 1.77 bits per heavy atom. The molecular formula is C10H14KNO.